The molecule has 0 nitrogen and oxygen atoms in total. The summed E-state index contributed by atoms with van der Waals surface area (Å²) >= 11 is 2.22. The van der Waals surface area contributed by atoms with E-state index >= 15 is 0 Å². The molecule has 0 N–H and O–H groups in total. The lowest BCUT2D eigenvalue weighted by molar-refractivity contribution is 1.20. The SMILES string of the molecule is CC[Si](CC)(CC)c1ccc([Si](CC)(CC)CC)s1. The van der Waals surface area contributed by atoms with Gasteiger partial charge in [-0.3, -0.25) is 0 Å². The van der Waals surface area contributed by atoms with Gasteiger partial charge in [-0.25, -0.2) is 0 Å². The molecule has 19 heavy (non-hydrogen) atoms. The topological polar surface area (TPSA) is 0 Å². The van der Waals surface area contributed by atoms with Crippen LogP contribution in [0.2, 0.25) is 36.3 Å². The molecule has 1 rings (SSSR count). The van der Waals surface area contributed by atoms with Gasteiger partial charge in [-0.2, -0.15) is 11.3 Å². The Hall–Kier alpha value is 0.134. The van der Waals surface area contributed by atoms with Crippen LogP contribution in [0.15, 0.2) is 12.1 Å². The molecule has 0 bridgehead atoms. The van der Waals surface area contributed by atoms with E-state index in [1.165, 1.54) is 36.3 Å². The Kier molecular flexibility index (Phi) is 6.54. The largest absolute Gasteiger partial charge is 0.155 e. The van der Waals surface area contributed by atoms with E-state index in [2.05, 4.69) is 65.0 Å². The lowest BCUT2D eigenvalue weighted by Gasteiger charge is -2.28. The van der Waals surface area contributed by atoms with Gasteiger partial charge in [0.15, 0.2) is 0 Å². The van der Waals surface area contributed by atoms with E-state index in [0.717, 1.165) is 0 Å². The molecule has 0 aromatic carbocycles. The van der Waals surface area contributed by atoms with Crippen molar-refractivity contribution in [1.82, 2.24) is 0 Å². The monoisotopic (exact) mass is 312 g/mol. The first kappa shape index (κ1) is 17.2. The first-order chi connectivity index (χ1) is 9.07. The third-order valence-corrected chi connectivity index (χ3v) is 20.2. The maximum Gasteiger partial charge on any atom is 0.0987 e. The van der Waals surface area contributed by atoms with Crippen LogP contribution in [-0.4, -0.2) is 16.1 Å². The first-order valence-electron chi connectivity index (χ1n) is 8.18. The third kappa shape index (κ3) is 3.08. The maximum atomic E-state index is 2.52. The van der Waals surface area contributed by atoms with E-state index in [-0.39, 0.29) is 0 Å². The second-order valence-electron chi connectivity index (χ2n) is 5.85. The summed E-state index contributed by atoms with van der Waals surface area (Å²) in [6.07, 6.45) is 0. The van der Waals surface area contributed by atoms with E-state index in [1.807, 2.05) is 0 Å². The van der Waals surface area contributed by atoms with Crippen LogP contribution in [0.3, 0.4) is 0 Å². The molecule has 0 spiro atoms. The zero-order valence-corrected chi connectivity index (χ0v) is 16.6. The average molecular weight is 313 g/mol. The maximum absolute atomic E-state index is 2.52. The number of hydrogen-bond donors (Lipinski definition) is 0. The van der Waals surface area contributed by atoms with Gasteiger partial charge >= 0.3 is 0 Å². The van der Waals surface area contributed by atoms with Crippen molar-refractivity contribution in [3.8, 4) is 0 Å². The van der Waals surface area contributed by atoms with Gasteiger partial charge in [-0.1, -0.05) is 89.9 Å². The van der Waals surface area contributed by atoms with Gasteiger partial charge in [0.05, 0.1) is 16.1 Å². The predicted octanol–water partition coefficient (Wildman–Crippen LogP) is 5.18. The van der Waals surface area contributed by atoms with Crippen molar-refractivity contribution in [2.45, 2.75) is 77.8 Å². The normalized spacial score (nSPS) is 12.9. The molecule has 0 aliphatic rings. The lowest BCUT2D eigenvalue weighted by atomic mass is 10.7. The lowest BCUT2D eigenvalue weighted by Crippen LogP contribution is -2.46. The molecule has 0 aliphatic carbocycles. The Morgan fingerprint density at radius 3 is 1.11 bits per heavy atom. The molecule has 0 radical (unpaired) electrons. The van der Waals surface area contributed by atoms with Crippen LogP contribution in [0.25, 0.3) is 0 Å². The summed E-state index contributed by atoms with van der Waals surface area (Å²) in [4.78, 5) is 0. The summed E-state index contributed by atoms with van der Waals surface area (Å²) in [7, 11) is -2.30. The second-order valence-corrected chi connectivity index (χ2v) is 18.1. The highest BCUT2D eigenvalue weighted by molar-refractivity contribution is 7.36. The molecule has 3 heteroatoms. The Balaban J connectivity index is 3.18. The molecule has 0 amide bonds. The summed E-state index contributed by atoms with van der Waals surface area (Å²) in [6.45, 7) is 14.5. The van der Waals surface area contributed by atoms with Crippen molar-refractivity contribution in [1.29, 1.82) is 0 Å². The van der Waals surface area contributed by atoms with Crippen molar-refractivity contribution < 1.29 is 0 Å². The number of rotatable bonds is 8. The quantitative estimate of drug-likeness (QED) is 0.580. The van der Waals surface area contributed by atoms with E-state index in [0.29, 0.717) is 0 Å². The van der Waals surface area contributed by atoms with Crippen molar-refractivity contribution in [2.24, 2.45) is 0 Å². The smallest absolute Gasteiger partial charge is 0.0987 e. The summed E-state index contributed by atoms with van der Waals surface area (Å²) < 4.78 is 3.59. The minimum absolute atomic E-state index is 1.15. The van der Waals surface area contributed by atoms with Gasteiger partial charge in [0.2, 0.25) is 0 Å². The number of hydrogen-bond acceptors (Lipinski definition) is 1. The Labute approximate surface area is 126 Å². The van der Waals surface area contributed by atoms with Gasteiger partial charge in [0.25, 0.3) is 0 Å². The molecule has 0 unspecified atom stereocenters. The van der Waals surface area contributed by atoms with Gasteiger partial charge in [0.1, 0.15) is 0 Å². The second kappa shape index (κ2) is 7.23. The average Bonchev–Trinajstić information content (AvgIpc) is 2.95. The predicted molar refractivity (Wildman–Crippen MR) is 98.0 cm³/mol. The van der Waals surface area contributed by atoms with Crippen molar-refractivity contribution in [3.63, 3.8) is 0 Å². The van der Waals surface area contributed by atoms with Crippen LogP contribution in [0, 0.1) is 0 Å². The standard InChI is InChI=1S/C16H32SSi2/c1-7-18(8-2,9-3)15-13-14-16(17-15)19(10-4,11-5)12-6/h13-14H,7-12H2,1-6H3. The number of thiophene rings is 1. The summed E-state index contributed by atoms with van der Waals surface area (Å²) in [6, 6.07) is 13.5. The van der Waals surface area contributed by atoms with Gasteiger partial charge in [-0.05, 0) is 9.00 Å². The highest BCUT2D eigenvalue weighted by Crippen LogP contribution is 2.26. The fraction of sp³-hybridized carbons (Fsp3) is 0.750. The van der Waals surface area contributed by atoms with Gasteiger partial charge in [0, 0.05) is 0 Å². The molecule has 0 saturated heterocycles. The van der Waals surface area contributed by atoms with Crippen molar-refractivity contribution in [3.05, 3.63) is 12.1 Å². The van der Waals surface area contributed by atoms with Gasteiger partial charge in [-0.15, -0.1) is 0 Å². The molecule has 0 fully saturated rings. The Bertz CT molecular complexity index is 325. The van der Waals surface area contributed by atoms with Crippen LogP contribution in [-0.2, 0) is 0 Å². The van der Waals surface area contributed by atoms with Crippen LogP contribution in [0.5, 0.6) is 0 Å². The summed E-state index contributed by atoms with van der Waals surface area (Å²) in [5, 5.41) is 0. The van der Waals surface area contributed by atoms with Crippen molar-refractivity contribution in [2.75, 3.05) is 0 Å². The van der Waals surface area contributed by atoms with E-state index in [9.17, 15) is 0 Å². The molecular formula is C16H32SSi2. The van der Waals surface area contributed by atoms with Crippen LogP contribution < -0.4 is 9.00 Å². The molecule has 1 heterocycles. The van der Waals surface area contributed by atoms with Crippen LogP contribution in [0.1, 0.15) is 41.5 Å². The van der Waals surface area contributed by atoms with E-state index < -0.39 is 16.1 Å². The van der Waals surface area contributed by atoms with Gasteiger partial charge < -0.3 is 0 Å². The van der Waals surface area contributed by atoms with Crippen LogP contribution in [0.4, 0.5) is 0 Å². The minimum Gasteiger partial charge on any atom is -0.155 e. The zero-order valence-electron chi connectivity index (χ0n) is 13.8. The molecule has 1 aromatic heterocycles. The highest BCUT2D eigenvalue weighted by Gasteiger charge is 2.35. The molecule has 0 saturated carbocycles. The first-order valence-corrected chi connectivity index (χ1v) is 14.2. The molecular weight excluding hydrogens is 280 g/mol. The third-order valence-electron chi connectivity index (χ3n) is 5.71. The fourth-order valence-electron chi connectivity index (χ4n) is 3.45. The Morgan fingerprint density at radius 1 is 0.632 bits per heavy atom. The molecule has 0 atom stereocenters. The Morgan fingerprint density at radius 2 is 0.895 bits per heavy atom. The minimum atomic E-state index is -1.15. The zero-order chi connectivity index (χ0) is 14.5. The van der Waals surface area contributed by atoms with Crippen LogP contribution >= 0.6 is 11.3 Å². The summed E-state index contributed by atoms with van der Waals surface area (Å²) in [5.41, 5.74) is 0. The van der Waals surface area contributed by atoms with E-state index in [1.54, 1.807) is 9.00 Å². The molecule has 110 valence electrons. The summed E-state index contributed by atoms with van der Waals surface area (Å²) in [5.74, 6) is 0. The van der Waals surface area contributed by atoms with Crippen molar-refractivity contribution >= 4 is 36.5 Å². The molecule has 1 aromatic rings. The van der Waals surface area contributed by atoms with E-state index in [4.69, 9.17) is 0 Å². The fourth-order valence-corrected chi connectivity index (χ4v) is 15.2. The molecule has 0 aliphatic heterocycles. The highest BCUT2D eigenvalue weighted by atomic mass is 32.1.